The first-order valence-electron chi connectivity index (χ1n) is 11.3. The molecule has 1 aliphatic heterocycles. The van der Waals surface area contributed by atoms with Crippen LogP contribution in [-0.2, 0) is 16.1 Å². The van der Waals surface area contributed by atoms with Crippen LogP contribution in [0.1, 0.15) is 44.4 Å². The number of anilines is 1. The van der Waals surface area contributed by atoms with Crippen molar-refractivity contribution >= 4 is 51.2 Å². The first-order valence-corrected chi connectivity index (χ1v) is 13.5. The molecule has 1 atom stereocenters. The van der Waals surface area contributed by atoms with Gasteiger partial charge < -0.3 is 14.8 Å². The molecule has 7 nitrogen and oxygen atoms in total. The van der Waals surface area contributed by atoms with Crippen molar-refractivity contribution in [2.75, 3.05) is 17.7 Å². The van der Waals surface area contributed by atoms with Gasteiger partial charge in [0.05, 0.1) is 12.2 Å². The maximum atomic E-state index is 13.3. The lowest BCUT2D eigenvalue weighted by Gasteiger charge is -2.29. The van der Waals surface area contributed by atoms with E-state index in [1.807, 2.05) is 63.2 Å². The Hall–Kier alpha value is -2.49. The molecule has 3 aromatic rings. The zero-order valence-corrected chi connectivity index (χ0v) is 22.8. The summed E-state index contributed by atoms with van der Waals surface area (Å²) >= 11 is 11.5. The molecule has 1 unspecified atom stereocenters. The number of ether oxygens (including phenoxy) is 2. The van der Waals surface area contributed by atoms with Crippen LogP contribution in [0, 0.1) is 0 Å². The van der Waals surface area contributed by atoms with Crippen molar-refractivity contribution in [2.45, 2.75) is 45.0 Å². The zero-order chi connectivity index (χ0) is 24.9. The Balaban J connectivity index is 1.80. The van der Waals surface area contributed by atoms with E-state index in [1.54, 1.807) is 4.68 Å². The average molecular weight is 578 g/mol. The van der Waals surface area contributed by atoms with E-state index in [1.165, 1.54) is 11.8 Å². The summed E-state index contributed by atoms with van der Waals surface area (Å²) < 4.78 is 14.4. The fourth-order valence-corrected chi connectivity index (χ4v) is 4.91. The van der Waals surface area contributed by atoms with Crippen LogP contribution in [0.3, 0.4) is 0 Å². The predicted molar refractivity (Wildman–Crippen MR) is 142 cm³/mol. The van der Waals surface area contributed by atoms with Crippen LogP contribution in [0.5, 0.6) is 5.75 Å². The van der Waals surface area contributed by atoms with Crippen molar-refractivity contribution in [3.05, 3.63) is 74.4 Å². The van der Waals surface area contributed by atoms with Gasteiger partial charge in [-0.3, -0.25) is 0 Å². The maximum absolute atomic E-state index is 13.3. The van der Waals surface area contributed by atoms with E-state index in [4.69, 9.17) is 26.2 Å². The van der Waals surface area contributed by atoms with Gasteiger partial charge in [0.25, 0.3) is 0 Å². The zero-order valence-electron chi connectivity index (χ0n) is 19.7. The van der Waals surface area contributed by atoms with Gasteiger partial charge in [-0.15, -0.1) is 5.10 Å². The third-order valence-corrected chi connectivity index (χ3v) is 6.95. The smallest absolute Gasteiger partial charge is 0.338 e. The predicted octanol–water partition coefficient (Wildman–Crippen LogP) is 6.63. The minimum atomic E-state index is -0.590. The Bertz CT molecular complexity index is 1260. The largest absolute Gasteiger partial charge is 0.488 e. The molecule has 1 aromatic heterocycles. The van der Waals surface area contributed by atoms with E-state index >= 15 is 0 Å². The van der Waals surface area contributed by atoms with Gasteiger partial charge in [-0.05, 0) is 43.4 Å². The van der Waals surface area contributed by atoms with Gasteiger partial charge in [0.1, 0.15) is 18.4 Å². The van der Waals surface area contributed by atoms with Crippen LogP contribution in [-0.4, -0.2) is 33.1 Å². The van der Waals surface area contributed by atoms with Gasteiger partial charge in [0, 0.05) is 26.3 Å². The van der Waals surface area contributed by atoms with Crippen LogP contribution < -0.4 is 10.1 Å². The molecule has 0 fully saturated rings. The third kappa shape index (κ3) is 5.68. The summed E-state index contributed by atoms with van der Waals surface area (Å²) in [6.07, 6.45) is 0.727. The summed E-state index contributed by atoms with van der Waals surface area (Å²) in [5.74, 6) is 1.60. The number of aromatic nitrogens is 3. The highest BCUT2D eigenvalue weighted by Gasteiger charge is 2.37. The summed E-state index contributed by atoms with van der Waals surface area (Å²) in [5.41, 5.74) is 2.76. The van der Waals surface area contributed by atoms with E-state index < -0.39 is 12.0 Å². The molecular weight excluding hydrogens is 552 g/mol. The van der Waals surface area contributed by atoms with Gasteiger partial charge in [0.15, 0.2) is 0 Å². The lowest BCUT2D eigenvalue weighted by atomic mass is 9.95. The molecule has 0 saturated carbocycles. The Morgan fingerprint density at radius 3 is 2.80 bits per heavy atom. The number of carbonyl (C=O) groups excluding carboxylic acids is 1. The molecule has 0 radical (unpaired) electrons. The number of thioether (sulfide) groups is 1. The molecule has 0 aliphatic carbocycles. The van der Waals surface area contributed by atoms with Crippen molar-refractivity contribution in [2.24, 2.45) is 0 Å². The Morgan fingerprint density at radius 2 is 2.06 bits per heavy atom. The molecule has 0 amide bonds. The SMILES string of the molecule is CCCOC(=O)C1=C(C)Nc2nc(SCC)nn2C1c1cc(Br)ccc1OCc1ccccc1Cl. The van der Waals surface area contributed by atoms with E-state index in [9.17, 15) is 4.79 Å². The number of nitrogens with zero attached hydrogens (tertiary/aromatic N) is 3. The normalized spacial score (nSPS) is 14.9. The molecule has 0 saturated heterocycles. The number of esters is 1. The number of fused-ring (bicyclic) bond motifs is 1. The second-order valence-electron chi connectivity index (χ2n) is 7.86. The number of allylic oxidation sites excluding steroid dienone is 1. The quantitative estimate of drug-likeness (QED) is 0.226. The van der Waals surface area contributed by atoms with E-state index in [2.05, 4.69) is 26.2 Å². The highest BCUT2D eigenvalue weighted by atomic mass is 79.9. The van der Waals surface area contributed by atoms with Crippen molar-refractivity contribution in [3.63, 3.8) is 0 Å². The number of nitrogens with one attached hydrogen (secondary N) is 1. The Labute approximate surface area is 222 Å². The van der Waals surface area contributed by atoms with Crippen LogP contribution in [0.2, 0.25) is 5.02 Å². The molecule has 2 aromatic carbocycles. The molecular formula is C25H26BrClN4O3S. The maximum Gasteiger partial charge on any atom is 0.338 e. The highest BCUT2D eigenvalue weighted by Crippen LogP contribution is 2.41. The standard InChI is InChI=1S/C25H26BrClN4O3S/c1-4-12-33-23(32)21-15(3)28-24-29-25(35-5-2)30-31(24)22(21)18-13-17(26)10-11-20(18)34-14-16-8-6-7-9-19(16)27/h6-11,13,22H,4-5,12,14H2,1-3H3,(H,28,29,30). The molecule has 1 aliphatic rings. The summed E-state index contributed by atoms with van der Waals surface area (Å²) in [4.78, 5) is 17.9. The van der Waals surface area contributed by atoms with Crippen molar-refractivity contribution in [3.8, 4) is 5.75 Å². The summed E-state index contributed by atoms with van der Waals surface area (Å²) in [6.45, 7) is 6.46. The first-order chi connectivity index (χ1) is 16.9. The topological polar surface area (TPSA) is 78.3 Å². The fourth-order valence-electron chi connectivity index (χ4n) is 3.78. The van der Waals surface area contributed by atoms with Crippen molar-refractivity contribution in [1.82, 2.24) is 14.8 Å². The van der Waals surface area contributed by atoms with E-state index in [-0.39, 0.29) is 6.61 Å². The Morgan fingerprint density at radius 1 is 1.26 bits per heavy atom. The molecule has 0 bridgehead atoms. The Kier molecular flexibility index (Phi) is 8.41. The summed E-state index contributed by atoms with van der Waals surface area (Å²) in [5, 5.41) is 9.21. The third-order valence-electron chi connectivity index (χ3n) is 5.37. The second kappa shape index (κ2) is 11.5. The van der Waals surface area contributed by atoms with E-state index in [0.717, 1.165) is 27.8 Å². The lowest BCUT2D eigenvalue weighted by Crippen LogP contribution is -2.30. The summed E-state index contributed by atoms with van der Waals surface area (Å²) in [7, 11) is 0. The van der Waals surface area contributed by atoms with Gasteiger partial charge >= 0.3 is 5.97 Å². The van der Waals surface area contributed by atoms with Crippen LogP contribution in [0.25, 0.3) is 0 Å². The van der Waals surface area contributed by atoms with Gasteiger partial charge in [-0.25, -0.2) is 9.48 Å². The monoisotopic (exact) mass is 576 g/mol. The van der Waals surface area contributed by atoms with Crippen molar-refractivity contribution < 1.29 is 14.3 Å². The number of benzene rings is 2. The summed E-state index contributed by atoms with van der Waals surface area (Å²) in [6, 6.07) is 12.7. The van der Waals surface area contributed by atoms with Crippen LogP contribution >= 0.6 is 39.3 Å². The fraction of sp³-hybridized carbons (Fsp3) is 0.320. The molecule has 1 N–H and O–H groups in total. The molecule has 4 rings (SSSR count). The minimum absolute atomic E-state index is 0.277. The number of hydrogen-bond donors (Lipinski definition) is 1. The first kappa shape index (κ1) is 25.6. The molecule has 0 spiro atoms. The van der Waals surface area contributed by atoms with Crippen LogP contribution in [0.4, 0.5) is 5.95 Å². The molecule has 2 heterocycles. The number of rotatable bonds is 9. The molecule has 10 heteroatoms. The minimum Gasteiger partial charge on any atom is -0.488 e. The van der Waals surface area contributed by atoms with Gasteiger partial charge in [0.2, 0.25) is 11.1 Å². The highest BCUT2D eigenvalue weighted by molar-refractivity contribution is 9.10. The average Bonchev–Trinajstić information content (AvgIpc) is 3.23. The number of carbonyl (C=O) groups is 1. The second-order valence-corrected chi connectivity index (χ2v) is 10.4. The number of halogens is 2. The van der Waals surface area contributed by atoms with Crippen molar-refractivity contribution in [1.29, 1.82) is 0 Å². The number of hydrogen-bond acceptors (Lipinski definition) is 7. The van der Waals surface area contributed by atoms with Crippen LogP contribution in [0.15, 0.2) is 63.4 Å². The van der Waals surface area contributed by atoms with Gasteiger partial charge in [-0.1, -0.05) is 71.3 Å². The molecule has 35 heavy (non-hydrogen) atoms. The van der Waals surface area contributed by atoms with Gasteiger partial charge in [-0.2, -0.15) is 4.98 Å². The lowest BCUT2D eigenvalue weighted by molar-refractivity contribution is -0.139. The van der Waals surface area contributed by atoms with E-state index in [0.29, 0.717) is 39.8 Å². The molecule has 184 valence electrons.